The van der Waals surface area contributed by atoms with Crippen LogP contribution in [0.5, 0.6) is 0 Å². The Labute approximate surface area is 178 Å². The Bertz CT molecular complexity index is 883. The number of halogens is 1. The Morgan fingerprint density at radius 1 is 1.29 bits per heavy atom. The summed E-state index contributed by atoms with van der Waals surface area (Å²) >= 11 is 0. The first-order valence-electron chi connectivity index (χ1n) is 10.2. The summed E-state index contributed by atoms with van der Waals surface area (Å²) in [5.74, 6) is -1.09. The highest BCUT2D eigenvalue weighted by molar-refractivity contribution is 5.90. The lowest BCUT2D eigenvalue weighted by molar-refractivity contribution is -0.145. The van der Waals surface area contributed by atoms with E-state index in [0.29, 0.717) is 37.6 Å². The van der Waals surface area contributed by atoms with Crippen molar-refractivity contribution in [3.8, 4) is 0 Å². The smallest absolute Gasteiger partial charge is 0.414 e. The molecule has 3 aliphatic rings. The number of anilines is 2. The van der Waals surface area contributed by atoms with Gasteiger partial charge in [-0.1, -0.05) is 0 Å². The summed E-state index contributed by atoms with van der Waals surface area (Å²) in [6, 6.07) is 4.25. The Hall–Kier alpha value is -2.92. The third-order valence-corrected chi connectivity index (χ3v) is 5.79. The molecule has 3 fully saturated rings. The molecule has 1 aromatic rings. The lowest BCUT2D eigenvalue weighted by atomic mass is 10.1. The first kappa shape index (κ1) is 21.3. The normalized spacial score (nSPS) is 25.5. The van der Waals surface area contributed by atoms with E-state index in [1.54, 1.807) is 21.9 Å². The third-order valence-electron chi connectivity index (χ3n) is 5.79. The van der Waals surface area contributed by atoms with E-state index in [2.05, 4.69) is 5.32 Å². The lowest BCUT2D eigenvalue weighted by Gasteiger charge is -2.36. The fourth-order valence-electron chi connectivity index (χ4n) is 4.30. The minimum atomic E-state index is -0.596. The second kappa shape index (κ2) is 8.67. The van der Waals surface area contributed by atoms with Gasteiger partial charge in [-0.3, -0.25) is 14.5 Å². The zero-order chi connectivity index (χ0) is 22.1. The number of hydrogen-bond donors (Lipinski definition) is 2. The molecule has 11 heteroatoms. The zero-order valence-electron chi connectivity index (χ0n) is 17.1. The van der Waals surface area contributed by atoms with Crippen LogP contribution in [0.1, 0.15) is 6.92 Å². The summed E-state index contributed by atoms with van der Waals surface area (Å²) in [5.41, 5.74) is 0.710. The van der Waals surface area contributed by atoms with Crippen LogP contribution in [0.4, 0.5) is 20.6 Å². The number of aliphatic hydroxyl groups is 1. The molecule has 1 aromatic carbocycles. The Morgan fingerprint density at radius 3 is 2.81 bits per heavy atom. The zero-order valence-corrected chi connectivity index (χ0v) is 17.1. The highest BCUT2D eigenvalue weighted by Crippen LogP contribution is 2.32. The second-order valence-electron chi connectivity index (χ2n) is 7.82. The quantitative estimate of drug-likeness (QED) is 0.652. The van der Waals surface area contributed by atoms with Crippen molar-refractivity contribution in [1.29, 1.82) is 0 Å². The number of carbonyl (C=O) groups is 3. The topological polar surface area (TPSA) is 112 Å². The van der Waals surface area contributed by atoms with E-state index in [1.165, 1.54) is 17.9 Å². The van der Waals surface area contributed by atoms with Gasteiger partial charge in [0.05, 0.1) is 43.2 Å². The van der Waals surface area contributed by atoms with Gasteiger partial charge in [0.2, 0.25) is 11.8 Å². The van der Waals surface area contributed by atoms with Crippen LogP contribution in [0.25, 0.3) is 0 Å². The van der Waals surface area contributed by atoms with E-state index in [9.17, 15) is 23.9 Å². The minimum Gasteiger partial charge on any atom is -0.442 e. The number of hydrogen-bond acceptors (Lipinski definition) is 7. The molecule has 3 unspecified atom stereocenters. The molecular weight excluding hydrogens is 411 g/mol. The van der Waals surface area contributed by atoms with Crippen molar-refractivity contribution in [2.75, 3.05) is 55.7 Å². The Kier molecular flexibility index (Phi) is 5.96. The molecule has 4 rings (SSSR count). The van der Waals surface area contributed by atoms with Crippen LogP contribution in [0.3, 0.4) is 0 Å². The van der Waals surface area contributed by atoms with E-state index >= 15 is 0 Å². The molecule has 168 valence electrons. The number of nitrogens with zero attached hydrogens (tertiary/aromatic N) is 3. The largest absolute Gasteiger partial charge is 0.442 e. The molecule has 3 saturated heterocycles. The van der Waals surface area contributed by atoms with Crippen LogP contribution in [-0.4, -0.2) is 92.1 Å². The van der Waals surface area contributed by atoms with E-state index in [0.717, 1.165) is 0 Å². The maximum Gasteiger partial charge on any atom is 0.414 e. The Morgan fingerprint density at radius 2 is 2.10 bits per heavy atom. The van der Waals surface area contributed by atoms with Gasteiger partial charge in [0.1, 0.15) is 18.5 Å². The molecule has 0 saturated carbocycles. The number of fused-ring (bicyclic) bond motifs is 1. The van der Waals surface area contributed by atoms with Crippen molar-refractivity contribution in [2.24, 2.45) is 0 Å². The van der Waals surface area contributed by atoms with Gasteiger partial charge in [-0.15, -0.1) is 0 Å². The van der Waals surface area contributed by atoms with Gasteiger partial charge in [0.25, 0.3) is 0 Å². The third kappa shape index (κ3) is 4.28. The fourth-order valence-corrected chi connectivity index (χ4v) is 4.30. The summed E-state index contributed by atoms with van der Waals surface area (Å²) in [4.78, 5) is 39.9. The maximum absolute atomic E-state index is 15.0. The summed E-state index contributed by atoms with van der Waals surface area (Å²) in [6.45, 7) is 2.78. The summed E-state index contributed by atoms with van der Waals surface area (Å²) in [6.07, 6.45) is -1.36. The van der Waals surface area contributed by atoms with Crippen molar-refractivity contribution in [2.45, 2.75) is 25.2 Å². The highest BCUT2D eigenvalue weighted by Gasteiger charge is 2.42. The van der Waals surface area contributed by atoms with Crippen LogP contribution in [0.2, 0.25) is 0 Å². The van der Waals surface area contributed by atoms with Gasteiger partial charge in [-0.25, -0.2) is 9.18 Å². The van der Waals surface area contributed by atoms with E-state index in [-0.39, 0.29) is 37.0 Å². The summed E-state index contributed by atoms with van der Waals surface area (Å²) in [5, 5.41) is 11.8. The number of nitrogens with one attached hydrogen (secondary N) is 1. The van der Waals surface area contributed by atoms with Crippen molar-refractivity contribution < 1.29 is 33.4 Å². The van der Waals surface area contributed by atoms with E-state index < -0.39 is 24.6 Å². The molecule has 3 amide bonds. The first-order chi connectivity index (χ1) is 14.9. The molecule has 0 spiro atoms. The molecule has 3 heterocycles. The predicted molar refractivity (Wildman–Crippen MR) is 107 cm³/mol. The van der Waals surface area contributed by atoms with Crippen molar-refractivity contribution in [3.05, 3.63) is 24.0 Å². The van der Waals surface area contributed by atoms with Gasteiger partial charge < -0.3 is 29.7 Å². The maximum atomic E-state index is 15.0. The molecule has 10 nitrogen and oxygen atoms in total. The molecular formula is C20H25FN4O6. The minimum absolute atomic E-state index is 0.192. The number of ether oxygens (including phenoxy) is 2. The number of morpholine rings is 1. The second-order valence-corrected chi connectivity index (χ2v) is 7.82. The fraction of sp³-hybridized carbons (Fsp3) is 0.550. The molecule has 3 atom stereocenters. The standard InChI is InChI=1S/C20H25FN4O6/c1-12(27)22-7-14-8-25(20(29)31-14)13-2-3-16(15(21)6-13)23-9-17-18(10-23)30-5-4-24(17)19(28)11-26/h2-3,6,14,17-18,26H,4-5,7-11H2,1H3,(H,22,27). The SMILES string of the molecule is CC(=O)NCC1CN(c2ccc(N3CC4OCCN(C(=O)CO)C4C3)c(F)c2)C(=O)O1. The molecule has 3 aliphatic heterocycles. The van der Waals surface area contributed by atoms with Crippen LogP contribution in [-0.2, 0) is 19.1 Å². The molecule has 0 aliphatic carbocycles. The Balaban J connectivity index is 1.45. The van der Waals surface area contributed by atoms with Crippen LogP contribution in [0.15, 0.2) is 18.2 Å². The van der Waals surface area contributed by atoms with E-state index in [4.69, 9.17) is 9.47 Å². The average Bonchev–Trinajstić information content (AvgIpc) is 3.34. The van der Waals surface area contributed by atoms with Gasteiger partial charge in [-0.2, -0.15) is 0 Å². The highest BCUT2D eigenvalue weighted by atomic mass is 19.1. The number of benzene rings is 1. The number of aliphatic hydroxyl groups excluding tert-OH is 1. The number of rotatable bonds is 5. The number of carbonyl (C=O) groups excluding carboxylic acids is 3. The molecule has 0 bridgehead atoms. The van der Waals surface area contributed by atoms with Crippen molar-refractivity contribution >= 4 is 29.3 Å². The van der Waals surface area contributed by atoms with Crippen LogP contribution < -0.4 is 15.1 Å². The van der Waals surface area contributed by atoms with Crippen molar-refractivity contribution in [1.82, 2.24) is 10.2 Å². The van der Waals surface area contributed by atoms with Crippen LogP contribution in [0, 0.1) is 5.82 Å². The number of cyclic esters (lactones) is 1. The monoisotopic (exact) mass is 436 g/mol. The first-order valence-corrected chi connectivity index (χ1v) is 10.2. The summed E-state index contributed by atoms with van der Waals surface area (Å²) < 4.78 is 26.0. The van der Waals surface area contributed by atoms with Gasteiger partial charge in [0, 0.05) is 26.6 Å². The van der Waals surface area contributed by atoms with E-state index in [1.807, 2.05) is 0 Å². The molecule has 0 radical (unpaired) electrons. The lowest BCUT2D eigenvalue weighted by Crippen LogP contribution is -2.54. The molecule has 31 heavy (non-hydrogen) atoms. The molecule has 0 aromatic heterocycles. The van der Waals surface area contributed by atoms with Crippen LogP contribution >= 0.6 is 0 Å². The predicted octanol–water partition coefficient (Wildman–Crippen LogP) is -0.305. The summed E-state index contributed by atoms with van der Waals surface area (Å²) in [7, 11) is 0. The average molecular weight is 436 g/mol. The van der Waals surface area contributed by atoms with Crippen molar-refractivity contribution in [3.63, 3.8) is 0 Å². The number of amides is 3. The van der Waals surface area contributed by atoms with Gasteiger partial charge in [0.15, 0.2) is 0 Å². The molecule has 2 N–H and O–H groups in total. The van der Waals surface area contributed by atoms with Gasteiger partial charge >= 0.3 is 6.09 Å². The van der Waals surface area contributed by atoms with Gasteiger partial charge in [-0.05, 0) is 18.2 Å².